The Morgan fingerprint density at radius 2 is 2.12 bits per heavy atom. The summed E-state index contributed by atoms with van der Waals surface area (Å²) in [5.41, 5.74) is -0.0427. The molecule has 6 heteroatoms. The van der Waals surface area contributed by atoms with Crippen molar-refractivity contribution in [2.24, 2.45) is 0 Å². The van der Waals surface area contributed by atoms with Gasteiger partial charge in [0.25, 0.3) is 5.69 Å². The van der Waals surface area contributed by atoms with E-state index in [0.29, 0.717) is 0 Å². The molecule has 6 nitrogen and oxygen atoms in total. The molecule has 0 aromatic heterocycles. The third kappa shape index (κ3) is 2.59. The fraction of sp³-hybridized carbons (Fsp3) is 0.364. The summed E-state index contributed by atoms with van der Waals surface area (Å²) in [6.45, 7) is 1.92. The predicted octanol–water partition coefficient (Wildman–Crippen LogP) is 1.68. The topological polar surface area (TPSA) is 82.0 Å². The Kier molecular flexibility index (Phi) is 3.06. The molecule has 0 aliphatic carbocycles. The summed E-state index contributed by atoms with van der Waals surface area (Å²) in [5.74, 6) is -0.170. The van der Waals surface area contributed by atoms with E-state index in [9.17, 15) is 14.9 Å². The number of nitrogens with zero attached hydrogens (tertiary/aromatic N) is 1. The summed E-state index contributed by atoms with van der Waals surface area (Å²) < 4.78 is 10.1. The zero-order valence-electron chi connectivity index (χ0n) is 9.16. The summed E-state index contributed by atoms with van der Waals surface area (Å²) in [4.78, 5) is 21.4. The fourth-order valence-corrected chi connectivity index (χ4v) is 1.47. The lowest BCUT2D eigenvalue weighted by molar-refractivity contribution is -0.384. The van der Waals surface area contributed by atoms with Crippen molar-refractivity contribution >= 4 is 11.7 Å². The van der Waals surface area contributed by atoms with Crippen LogP contribution in [0.3, 0.4) is 0 Å². The smallest absolute Gasteiger partial charge is 0.343 e. The van der Waals surface area contributed by atoms with Crippen LogP contribution in [0.2, 0.25) is 0 Å². The maximum absolute atomic E-state index is 11.5. The first-order chi connectivity index (χ1) is 8.11. The summed E-state index contributed by atoms with van der Waals surface area (Å²) in [7, 11) is 0. The number of non-ortho nitro benzene ring substituents is 1. The zero-order valence-corrected chi connectivity index (χ0v) is 9.16. The first-order valence-electron chi connectivity index (χ1n) is 5.23. The minimum Gasteiger partial charge on any atom is -0.425 e. The van der Waals surface area contributed by atoms with Gasteiger partial charge in [0, 0.05) is 12.1 Å². The standard InChI is InChI=1S/C11H11NO5/c1-2-9-10(17-9)11(13)16-8-5-3-7(4-6-8)12(14)15/h3-6,9-10H,2H2,1H3/t9-,10+/m1/s1. The molecule has 1 fully saturated rings. The Bertz CT molecular complexity index is 442. The first kappa shape index (κ1) is 11.5. The van der Waals surface area contributed by atoms with E-state index in [1.54, 1.807) is 0 Å². The third-order valence-corrected chi connectivity index (χ3v) is 2.48. The van der Waals surface area contributed by atoms with Crippen LogP contribution in [-0.4, -0.2) is 23.1 Å². The Labute approximate surface area is 97.3 Å². The number of esters is 1. The number of hydrogen-bond acceptors (Lipinski definition) is 5. The van der Waals surface area contributed by atoms with E-state index in [4.69, 9.17) is 9.47 Å². The summed E-state index contributed by atoms with van der Waals surface area (Å²) in [6, 6.07) is 5.35. The molecule has 2 rings (SSSR count). The molecule has 1 aliphatic rings. The van der Waals surface area contributed by atoms with Gasteiger partial charge in [-0.15, -0.1) is 0 Å². The van der Waals surface area contributed by atoms with E-state index in [-0.39, 0.29) is 17.5 Å². The number of nitro benzene ring substituents is 1. The number of benzene rings is 1. The minimum absolute atomic E-state index is 0.0427. The number of carbonyl (C=O) groups excluding carboxylic acids is 1. The molecule has 1 saturated heterocycles. The van der Waals surface area contributed by atoms with Crippen molar-refractivity contribution in [2.75, 3.05) is 0 Å². The second-order valence-corrected chi connectivity index (χ2v) is 3.68. The summed E-state index contributed by atoms with van der Waals surface area (Å²) >= 11 is 0. The Morgan fingerprint density at radius 1 is 1.47 bits per heavy atom. The highest BCUT2D eigenvalue weighted by molar-refractivity contribution is 5.80. The van der Waals surface area contributed by atoms with Gasteiger partial charge in [-0.1, -0.05) is 6.92 Å². The van der Waals surface area contributed by atoms with Crippen molar-refractivity contribution in [3.05, 3.63) is 34.4 Å². The molecule has 0 radical (unpaired) electrons. The van der Waals surface area contributed by atoms with Crippen molar-refractivity contribution in [1.82, 2.24) is 0 Å². The highest BCUT2D eigenvalue weighted by Crippen LogP contribution is 2.27. The average Bonchev–Trinajstić information content (AvgIpc) is 3.09. The summed E-state index contributed by atoms with van der Waals surface area (Å²) in [5, 5.41) is 10.4. The number of nitro groups is 1. The lowest BCUT2D eigenvalue weighted by Gasteiger charge is -2.01. The molecule has 1 aromatic rings. The third-order valence-electron chi connectivity index (χ3n) is 2.48. The Balaban J connectivity index is 1.95. The molecule has 0 N–H and O–H groups in total. The van der Waals surface area contributed by atoms with E-state index in [1.807, 2.05) is 6.92 Å². The Morgan fingerprint density at radius 3 is 2.59 bits per heavy atom. The van der Waals surface area contributed by atoms with Gasteiger partial charge in [0.1, 0.15) is 5.75 Å². The lowest BCUT2D eigenvalue weighted by Crippen LogP contribution is -2.16. The molecule has 1 aliphatic heterocycles. The van der Waals surface area contributed by atoms with Crippen LogP contribution >= 0.6 is 0 Å². The number of rotatable bonds is 4. The van der Waals surface area contributed by atoms with Gasteiger partial charge in [0.2, 0.25) is 0 Å². The molecule has 90 valence electrons. The van der Waals surface area contributed by atoms with Crippen LogP contribution in [0.15, 0.2) is 24.3 Å². The predicted molar refractivity (Wildman–Crippen MR) is 57.7 cm³/mol. The number of ether oxygens (including phenoxy) is 2. The largest absolute Gasteiger partial charge is 0.425 e. The van der Waals surface area contributed by atoms with E-state index >= 15 is 0 Å². The van der Waals surface area contributed by atoms with Crippen LogP contribution in [0, 0.1) is 10.1 Å². The van der Waals surface area contributed by atoms with Gasteiger partial charge in [-0.25, -0.2) is 4.79 Å². The van der Waals surface area contributed by atoms with Gasteiger partial charge in [-0.05, 0) is 18.6 Å². The second-order valence-electron chi connectivity index (χ2n) is 3.68. The monoisotopic (exact) mass is 237 g/mol. The van der Waals surface area contributed by atoms with Crippen LogP contribution in [-0.2, 0) is 9.53 Å². The van der Waals surface area contributed by atoms with Crippen LogP contribution in [0.25, 0.3) is 0 Å². The number of epoxide rings is 1. The molecule has 1 aromatic carbocycles. The molecule has 0 bridgehead atoms. The van der Waals surface area contributed by atoms with E-state index in [2.05, 4.69) is 0 Å². The van der Waals surface area contributed by atoms with E-state index in [1.165, 1.54) is 24.3 Å². The van der Waals surface area contributed by atoms with Crippen molar-refractivity contribution < 1.29 is 19.2 Å². The van der Waals surface area contributed by atoms with Crippen molar-refractivity contribution in [2.45, 2.75) is 25.6 Å². The zero-order chi connectivity index (χ0) is 12.4. The fourth-order valence-electron chi connectivity index (χ4n) is 1.47. The van der Waals surface area contributed by atoms with Crippen molar-refractivity contribution in [1.29, 1.82) is 0 Å². The number of carbonyl (C=O) groups is 1. The minimum atomic E-state index is -0.511. The van der Waals surface area contributed by atoms with Gasteiger partial charge >= 0.3 is 5.97 Å². The molecule has 17 heavy (non-hydrogen) atoms. The van der Waals surface area contributed by atoms with Crippen LogP contribution in [0.4, 0.5) is 5.69 Å². The number of hydrogen-bond donors (Lipinski definition) is 0. The van der Waals surface area contributed by atoms with E-state index in [0.717, 1.165) is 6.42 Å². The van der Waals surface area contributed by atoms with Crippen LogP contribution < -0.4 is 4.74 Å². The van der Waals surface area contributed by atoms with Gasteiger partial charge in [-0.2, -0.15) is 0 Å². The van der Waals surface area contributed by atoms with Crippen molar-refractivity contribution in [3.63, 3.8) is 0 Å². The molecule has 0 saturated carbocycles. The highest BCUT2D eigenvalue weighted by atomic mass is 16.6. The second kappa shape index (κ2) is 4.50. The van der Waals surface area contributed by atoms with Gasteiger partial charge < -0.3 is 9.47 Å². The lowest BCUT2D eigenvalue weighted by atomic mass is 10.2. The van der Waals surface area contributed by atoms with Crippen LogP contribution in [0.1, 0.15) is 13.3 Å². The van der Waals surface area contributed by atoms with Crippen molar-refractivity contribution in [3.8, 4) is 5.75 Å². The van der Waals surface area contributed by atoms with Gasteiger partial charge in [0.15, 0.2) is 6.10 Å². The average molecular weight is 237 g/mol. The molecule has 2 atom stereocenters. The maximum atomic E-state index is 11.5. The van der Waals surface area contributed by atoms with E-state index < -0.39 is 17.0 Å². The van der Waals surface area contributed by atoms with Crippen LogP contribution in [0.5, 0.6) is 5.75 Å². The highest BCUT2D eigenvalue weighted by Gasteiger charge is 2.45. The molecular weight excluding hydrogens is 226 g/mol. The molecule has 1 heterocycles. The normalized spacial score (nSPS) is 21.9. The molecule has 0 amide bonds. The Hall–Kier alpha value is -1.95. The SMILES string of the molecule is CC[C@H]1O[C@@H]1C(=O)Oc1ccc([N+](=O)[O-])cc1. The van der Waals surface area contributed by atoms with Gasteiger partial charge in [-0.3, -0.25) is 10.1 Å². The van der Waals surface area contributed by atoms with Gasteiger partial charge in [0.05, 0.1) is 11.0 Å². The first-order valence-corrected chi connectivity index (χ1v) is 5.23. The maximum Gasteiger partial charge on any atom is 0.343 e. The summed E-state index contributed by atoms with van der Waals surface area (Å²) in [6.07, 6.45) is 0.218. The molecule has 0 unspecified atom stereocenters. The molecule has 0 spiro atoms. The molecular formula is C11H11NO5. The quantitative estimate of drug-likeness (QED) is 0.261.